The van der Waals surface area contributed by atoms with Crippen LogP contribution in [0.5, 0.6) is 0 Å². The van der Waals surface area contributed by atoms with E-state index in [9.17, 15) is 0 Å². The molecule has 0 aromatic heterocycles. The van der Waals surface area contributed by atoms with E-state index in [0.29, 0.717) is 0 Å². The summed E-state index contributed by atoms with van der Waals surface area (Å²) in [6.45, 7) is 0. The van der Waals surface area contributed by atoms with Crippen molar-refractivity contribution in [1.82, 2.24) is 0 Å². The summed E-state index contributed by atoms with van der Waals surface area (Å²) in [6, 6.07) is 26.8. The molecule has 2 saturated carbocycles. The van der Waals surface area contributed by atoms with Crippen molar-refractivity contribution >= 4 is 21.5 Å². The van der Waals surface area contributed by atoms with Crippen LogP contribution in [0.25, 0.3) is 21.5 Å². The van der Waals surface area contributed by atoms with Crippen molar-refractivity contribution in [3.8, 4) is 0 Å². The fourth-order valence-corrected chi connectivity index (χ4v) is 6.19. The van der Waals surface area contributed by atoms with E-state index in [4.69, 9.17) is 0 Å². The molecule has 2 aliphatic carbocycles. The van der Waals surface area contributed by atoms with Gasteiger partial charge in [0.2, 0.25) is 0 Å². The summed E-state index contributed by atoms with van der Waals surface area (Å²) < 4.78 is 0. The minimum Gasteiger partial charge on any atom is -0.639 e. The van der Waals surface area contributed by atoms with E-state index >= 15 is 0 Å². The zero-order chi connectivity index (χ0) is 21.6. The van der Waals surface area contributed by atoms with Crippen LogP contribution in [-0.2, 0) is 29.6 Å². The summed E-state index contributed by atoms with van der Waals surface area (Å²) in [5, 5.41) is 5.78. The number of fused-ring (bicyclic) bond motifs is 2. The van der Waals surface area contributed by atoms with Gasteiger partial charge in [0.05, 0.1) is 0 Å². The van der Waals surface area contributed by atoms with E-state index in [0.717, 1.165) is 11.8 Å². The van der Waals surface area contributed by atoms with Crippen LogP contribution in [0, 0.1) is 11.8 Å². The fraction of sp³-hybridized carbons (Fsp3) is 0.438. The van der Waals surface area contributed by atoms with E-state index in [1.807, 2.05) is 0 Å². The average Bonchev–Trinajstić information content (AvgIpc) is 3.45. The Morgan fingerprint density at radius 2 is 1.39 bits per heavy atom. The van der Waals surface area contributed by atoms with Crippen LogP contribution in [0.1, 0.15) is 75.3 Å². The Kier molecular flexibility index (Phi) is 8.86. The van der Waals surface area contributed by atoms with Gasteiger partial charge in [-0.1, -0.05) is 75.5 Å². The summed E-state index contributed by atoms with van der Waals surface area (Å²) in [6.07, 6.45) is 17.1. The zero-order valence-corrected chi connectivity index (χ0v) is 20.9. The third kappa shape index (κ3) is 6.19. The van der Waals surface area contributed by atoms with Crippen molar-refractivity contribution in [2.24, 2.45) is 11.8 Å². The molecule has 0 saturated heterocycles. The molecule has 4 aromatic rings. The third-order valence-corrected chi connectivity index (χ3v) is 8.01. The van der Waals surface area contributed by atoms with Crippen LogP contribution < -0.4 is 0 Å². The van der Waals surface area contributed by atoms with E-state index in [1.54, 1.807) is 11.1 Å². The Morgan fingerprint density at radius 3 is 2.18 bits per heavy atom. The largest absolute Gasteiger partial charge is 0.639 e. The second kappa shape index (κ2) is 12.0. The van der Waals surface area contributed by atoms with Gasteiger partial charge < -0.3 is 52.7 Å². The molecule has 0 nitrogen and oxygen atoms in total. The molecule has 0 spiro atoms. The van der Waals surface area contributed by atoms with Crippen molar-refractivity contribution in [2.75, 3.05) is 0 Å². The number of hydrogen-bond donors (Lipinski definition) is 0. The van der Waals surface area contributed by atoms with E-state index in [-0.39, 0.29) is 16.8 Å². The Labute approximate surface area is 210 Å². The summed E-state index contributed by atoms with van der Waals surface area (Å²) in [5.74, 6) is 1.89. The molecule has 33 heavy (non-hydrogen) atoms. The molecule has 0 atom stereocenters. The molecular formula is C32H38Co-6. The molecule has 1 heteroatoms. The monoisotopic (exact) mass is 481 g/mol. The first kappa shape index (κ1) is 24.3. The number of rotatable bonds is 4. The van der Waals surface area contributed by atoms with Gasteiger partial charge in [-0.15, -0.1) is 41.3 Å². The predicted molar refractivity (Wildman–Crippen MR) is 140 cm³/mol. The van der Waals surface area contributed by atoms with Gasteiger partial charge in [-0.25, -0.2) is 0 Å². The van der Waals surface area contributed by atoms with E-state index < -0.39 is 0 Å². The second-order valence-electron chi connectivity index (χ2n) is 10.3. The number of benzene rings is 2. The maximum Gasteiger partial charge on any atom is 0 e. The second-order valence-corrected chi connectivity index (χ2v) is 10.3. The van der Waals surface area contributed by atoms with Crippen molar-refractivity contribution in [3.05, 3.63) is 83.9 Å². The maximum atomic E-state index is 2.33. The minimum atomic E-state index is 0. The summed E-state index contributed by atoms with van der Waals surface area (Å²) in [7, 11) is 0. The van der Waals surface area contributed by atoms with Crippen molar-refractivity contribution in [2.45, 2.75) is 77.0 Å². The van der Waals surface area contributed by atoms with E-state index in [1.165, 1.54) is 98.6 Å². The van der Waals surface area contributed by atoms with Crippen LogP contribution >= 0.6 is 0 Å². The Morgan fingerprint density at radius 1 is 0.697 bits per heavy atom. The standard InChI is InChI=1S/2C16H19.Co/c2*1-2-6-13(7-3-1)12-15-11-10-14-8-4-5-9-16(14)15;/h2*4-5,8-11,13H,1-3,6-7,12H2;/q-5;-1;. The molecule has 0 amide bonds. The van der Waals surface area contributed by atoms with Gasteiger partial charge in [0.25, 0.3) is 0 Å². The van der Waals surface area contributed by atoms with Gasteiger partial charge in [-0.05, 0) is 12.3 Å². The molecule has 1 radical (unpaired) electrons. The molecule has 0 heterocycles. The fourth-order valence-electron chi connectivity index (χ4n) is 6.19. The maximum absolute atomic E-state index is 2.33. The van der Waals surface area contributed by atoms with Crippen molar-refractivity contribution in [1.29, 1.82) is 0 Å². The van der Waals surface area contributed by atoms with Crippen LogP contribution in [0.2, 0.25) is 0 Å². The third-order valence-electron chi connectivity index (χ3n) is 8.01. The SMILES string of the molecule is [Co].c1cc[c-]2[c-](CC3CCCCC3)[cH-][cH-][c-]2c1.c1cc[c-]2c(CC3CCCCC3)ccc2c1. The number of hydrogen-bond acceptors (Lipinski definition) is 0. The summed E-state index contributed by atoms with van der Waals surface area (Å²) in [5.41, 5.74) is 3.14. The first-order valence-corrected chi connectivity index (χ1v) is 13.1. The quantitative estimate of drug-likeness (QED) is 0.255. The molecule has 0 unspecified atom stereocenters. The first-order valence-electron chi connectivity index (χ1n) is 13.1. The van der Waals surface area contributed by atoms with Gasteiger partial charge in [0.1, 0.15) is 0 Å². The van der Waals surface area contributed by atoms with Gasteiger partial charge in [-0.2, -0.15) is 12.5 Å². The predicted octanol–water partition coefficient (Wildman–Crippen LogP) is 9.36. The van der Waals surface area contributed by atoms with Gasteiger partial charge in [0.15, 0.2) is 0 Å². The molecule has 2 fully saturated rings. The molecule has 2 aliphatic rings. The van der Waals surface area contributed by atoms with Gasteiger partial charge in [-0.3, -0.25) is 0 Å². The Hall–Kier alpha value is -1.83. The first-order chi connectivity index (χ1) is 15.9. The van der Waals surface area contributed by atoms with Gasteiger partial charge >= 0.3 is 0 Å². The molecule has 4 aromatic carbocycles. The zero-order valence-electron chi connectivity index (χ0n) is 19.9. The van der Waals surface area contributed by atoms with Gasteiger partial charge in [0, 0.05) is 16.8 Å². The van der Waals surface area contributed by atoms with Crippen LogP contribution in [-0.4, -0.2) is 0 Å². The van der Waals surface area contributed by atoms with E-state index in [2.05, 4.69) is 72.8 Å². The Balaban J connectivity index is 0.000000152. The van der Waals surface area contributed by atoms with Crippen molar-refractivity contribution in [3.63, 3.8) is 0 Å². The average molecular weight is 482 g/mol. The van der Waals surface area contributed by atoms with Crippen LogP contribution in [0.3, 0.4) is 0 Å². The molecule has 6 rings (SSSR count). The van der Waals surface area contributed by atoms with Crippen molar-refractivity contribution < 1.29 is 16.8 Å². The molecular weight excluding hydrogens is 443 g/mol. The topological polar surface area (TPSA) is 0 Å². The normalized spacial score (nSPS) is 17.5. The van der Waals surface area contributed by atoms with Crippen LogP contribution in [0.15, 0.2) is 72.8 Å². The molecule has 181 valence electrons. The molecule has 0 bridgehead atoms. The molecule has 0 N–H and O–H groups in total. The Bertz CT molecular complexity index is 1010. The molecule has 0 aliphatic heterocycles. The minimum absolute atomic E-state index is 0. The summed E-state index contributed by atoms with van der Waals surface area (Å²) >= 11 is 0. The summed E-state index contributed by atoms with van der Waals surface area (Å²) in [4.78, 5) is 0. The smallest absolute Gasteiger partial charge is 0 e. The van der Waals surface area contributed by atoms with Crippen LogP contribution in [0.4, 0.5) is 0 Å².